The Morgan fingerprint density at radius 2 is 1.45 bits per heavy atom. The van der Waals surface area contributed by atoms with E-state index < -0.39 is 5.97 Å². The van der Waals surface area contributed by atoms with E-state index in [1.54, 1.807) is 18.2 Å². The fourth-order valence-electron chi connectivity index (χ4n) is 5.31. The molecule has 0 fully saturated rings. The van der Waals surface area contributed by atoms with Crippen LogP contribution in [-0.4, -0.2) is 51.7 Å². The quantitative estimate of drug-likeness (QED) is 0.271. The molecule has 0 aromatic heterocycles. The van der Waals surface area contributed by atoms with Gasteiger partial charge in [-0.2, -0.15) is 0 Å². The van der Waals surface area contributed by atoms with Gasteiger partial charge in [-0.1, -0.05) is 32.8 Å². The highest BCUT2D eigenvalue weighted by Crippen LogP contribution is 2.54. The highest BCUT2D eigenvalue weighted by molar-refractivity contribution is 6.16. The molecule has 0 atom stereocenters. The first kappa shape index (κ1) is 28.8. The molecule has 2 N–H and O–H groups in total. The predicted molar refractivity (Wildman–Crippen MR) is 148 cm³/mol. The number of rotatable bonds is 12. The largest absolute Gasteiger partial charge is 0.507 e. The van der Waals surface area contributed by atoms with E-state index in [0.29, 0.717) is 68.4 Å². The summed E-state index contributed by atoms with van der Waals surface area (Å²) in [5.41, 5.74) is 1.96. The zero-order valence-corrected chi connectivity index (χ0v) is 23.5. The number of benzene rings is 3. The fraction of sp³-hybridized carbons (Fsp3) is 0.433. The van der Waals surface area contributed by atoms with E-state index in [2.05, 4.69) is 13.8 Å². The van der Waals surface area contributed by atoms with Gasteiger partial charge < -0.3 is 33.9 Å². The Balaban J connectivity index is 2.62. The number of phenols is 1. The number of hydrogen-bond acceptors (Lipinski definition) is 7. The number of fused-ring (bicyclic) bond motifs is 1. The molecule has 206 valence electrons. The molecular weight excluding hydrogens is 488 g/mol. The molecule has 0 heterocycles. The molecule has 0 aliphatic heterocycles. The molecule has 0 radical (unpaired) electrons. The van der Waals surface area contributed by atoms with Crippen molar-refractivity contribution in [3.8, 4) is 45.6 Å². The Kier molecular flexibility index (Phi) is 9.20. The van der Waals surface area contributed by atoms with Gasteiger partial charge in [0.1, 0.15) is 5.75 Å². The van der Waals surface area contributed by atoms with Crippen LogP contribution in [0.3, 0.4) is 0 Å². The summed E-state index contributed by atoms with van der Waals surface area (Å²) in [6.07, 6.45) is 3.06. The van der Waals surface area contributed by atoms with Gasteiger partial charge in [-0.3, -0.25) is 0 Å². The van der Waals surface area contributed by atoms with E-state index in [1.807, 2.05) is 6.92 Å². The molecule has 0 aliphatic carbocycles. The van der Waals surface area contributed by atoms with Gasteiger partial charge in [0.2, 0.25) is 5.75 Å². The normalized spacial score (nSPS) is 11.1. The third kappa shape index (κ3) is 4.87. The van der Waals surface area contributed by atoms with E-state index in [1.165, 1.54) is 35.5 Å². The molecule has 0 amide bonds. The fourth-order valence-corrected chi connectivity index (χ4v) is 5.31. The summed E-state index contributed by atoms with van der Waals surface area (Å²) in [5.74, 6) is 1.08. The maximum atomic E-state index is 13.0. The first-order valence-corrected chi connectivity index (χ1v) is 12.7. The molecule has 0 saturated heterocycles. The number of carbonyl (C=O) groups is 1. The molecular formula is C30H38O8. The second-order valence-electron chi connectivity index (χ2n) is 9.15. The highest BCUT2D eigenvalue weighted by Gasteiger charge is 2.32. The Morgan fingerprint density at radius 3 is 1.95 bits per heavy atom. The molecule has 8 heteroatoms. The van der Waals surface area contributed by atoms with Crippen LogP contribution in [0.5, 0.6) is 34.5 Å². The summed E-state index contributed by atoms with van der Waals surface area (Å²) >= 11 is 0. The van der Waals surface area contributed by atoms with Gasteiger partial charge in [0.05, 0.1) is 41.1 Å². The average molecular weight is 527 g/mol. The molecule has 38 heavy (non-hydrogen) atoms. The summed E-state index contributed by atoms with van der Waals surface area (Å²) in [5, 5.41) is 23.2. The van der Waals surface area contributed by atoms with Crippen LogP contribution in [0.15, 0.2) is 18.2 Å². The maximum Gasteiger partial charge on any atom is 0.336 e. The number of aromatic carboxylic acids is 1. The number of ether oxygens (including phenoxy) is 5. The number of aryl methyl sites for hydroxylation is 1. The number of hydrogen-bond donors (Lipinski definition) is 2. The monoisotopic (exact) mass is 526 g/mol. The number of carboxylic acids is 1. The van der Waals surface area contributed by atoms with Crippen LogP contribution in [0, 0.1) is 12.8 Å². The smallest absolute Gasteiger partial charge is 0.336 e. The minimum atomic E-state index is -1.15. The van der Waals surface area contributed by atoms with E-state index in [-0.39, 0.29) is 17.1 Å². The van der Waals surface area contributed by atoms with Crippen LogP contribution in [0.4, 0.5) is 0 Å². The Hall–Kier alpha value is -3.81. The first-order chi connectivity index (χ1) is 18.2. The van der Waals surface area contributed by atoms with E-state index >= 15 is 0 Å². The molecule has 8 nitrogen and oxygen atoms in total. The van der Waals surface area contributed by atoms with Crippen molar-refractivity contribution < 1.29 is 38.7 Å². The molecule has 3 rings (SSSR count). The molecule has 3 aromatic rings. The zero-order valence-electron chi connectivity index (χ0n) is 23.5. The third-order valence-electron chi connectivity index (χ3n) is 7.39. The second kappa shape index (κ2) is 12.2. The molecule has 3 aromatic carbocycles. The minimum Gasteiger partial charge on any atom is -0.507 e. The SMILES string of the molecule is CCC(CC)CCc1c(C(=O)O)c(-c2ccc(OC)c(OC)c2)c2c(OC)c(OC)c(OC)c(C)c2c1O. The van der Waals surface area contributed by atoms with Crippen molar-refractivity contribution in [1.82, 2.24) is 0 Å². The topological polar surface area (TPSA) is 104 Å². The van der Waals surface area contributed by atoms with E-state index in [0.717, 1.165) is 19.3 Å². The minimum absolute atomic E-state index is 0.0121. The molecule has 0 spiro atoms. The van der Waals surface area contributed by atoms with Crippen LogP contribution in [0.2, 0.25) is 0 Å². The predicted octanol–water partition coefficient (Wildman–Crippen LogP) is 6.63. The van der Waals surface area contributed by atoms with Crippen molar-refractivity contribution in [3.05, 3.63) is 34.9 Å². The van der Waals surface area contributed by atoms with Gasteiger partial charge in [0.15, 0.2) is 23.0 Å². The van der Waals surface area contributed by atoms with E-state index in [9.17, 15) is 15.0 Å². The van der Waals surface area contributed by atoms with Crippen molar-refractivity contribution in [3.63, 3.8) is 0 Å². The lowest BCUT2D eigenvalue weighted by Gasteiger charge is -2.25. The second-order valence-corrected chi connectivity index (χ2v) is 9.15. The van der Waals surface area contributed by atoms with Crippen molar-refractivity contribution in [2.24, 2.45) is 5.92 Å². The lowest BCUT2D eigenvalue weighted by Crippen LogP contribution is -2.10. The van der Waals surface area contributed by atoms with Crippen LogP contribution in [0.25, 0.3) is 21.9 Å². The van der Waals surface area contributed by atoms with Crippen LogP contribution >= 0.6 is 0 Å². The van der Waals surface area contributed by atoms with Crippen LogP contribution in [-0.2, 0) is 6.42 Å². The molecule has 0 unspecified atom stereocenters. The third-order valence-corrected chi connectivity index (χ3v) is 7.39. The standard InChI is InChI=1S/C30H38O8/c1-9-17(10-2)11-13-19-24(30(32)33)23(18-12-14-20(34-4)21(15-18)35-5)25-22(26(19)31)16(3)27(36-6)29(38-8)28(25)37-7/h12,14-15,17,31H,9-11,13H2,1-8H3,(H,32,33). The van der Waals surface area contributed by atoms with Crippen LogP contribution < -0.4 is 23.7 Å². The van der Waals surface area contributed by atoms with Crippen LogP contribution in [0.1, 0.15) is 54.6 Å². The average Bonchev–Trinajstić information content (AvgIpc) is 2.93. The van der Waals surface area contributed by atoms with Gasteiger partial charge in [-0.25, -0.2) is 4.79 Å². The first-order valence-electron chi connectivity index (χ1n) is 12.7. The van der Waals surface area contributed by atoms with Gasteiger partial charge in [0.25, 0.3) is 0 Å². The van der Waals surface area contributed by atoms with Crippen molar-refractivity contribution in [2.45, 2.75) is 46.5 Å². The Labute approximate surface area is 224 Å². The molecule has 0 saturated carbocycles. The summed E-state index contributed by atoms with van der Waals surface area (Å²) in [7, 11) is 7.54. The Morgan fingerprint density at radius 1 is 0.842 bits per heavy atom. The summed E-state index contributed by atoms with van der Waals surface area (Å²) in [4.78, 5) is 13.0. The van der Waals surface area contributed by atoms with Crippen molar-refractivity contribution in [2.75, 3.05) is 35.5 Å². The zero-order chi connectivity index (χ0) is 28.1. The van der Waals surface area contributed by atoms with E-state index in [4.69, 9.17) is 23.7 Å². The molecule has 0 bridgehead atoms. The van der Waals surface area contributed by atoms with Crippen molar-refractivity contribution >= 4 is 16.7 Å². The maximum absolute atomic E-state index is 13.0. The number of carboxylic acid groups (broad SMARTS) is 1. The summed E-state index contributed by atoms with van der Waals surface area (Å²) in [6, 6.07) is 5.23. The molecule has 0 aliphatic rings. The number of phenolic OH excluding ortho intramolecular Hbond substituents is 1. The van der Waals surface area contributed by atoms with Gasteiger partial charge in [0, 0.05) is 27.5 Å². The van der Waals surface area contributed by atoms with Gasteiger partial charge in [-0.05, 0) is 43.4 Å². The summed E-state index contributed by atoms with van der Waals surface area (Å²) < 4.78 is 28.1. The Bertz CT molecular complexity index is 1320. The highest BCUT2D eigenvalue weighted by atomic mass is 16.5. The number of aromatic hydroxyl groups is 1. The lowest BCUT2D eigenvalue weighted by molar-refractivity contribution is 0.0696. The summed E-state index contributed by atoms with van der Waals surface area (Å²) in [6.45, 7) is 6.05. The van der Waals surface area contributed by atoms with Crippen molar-refractivity contribution in [1.29, 1.82) is 0 Å². The lowest BCUT2D eigenvalue weighted by atomic mass is 9.83. The number of methoxy groups -OCH3 is 5. The van der Waals surface area contributed by atoms with Gasteiger partial charge >= 0.3 is 5.97 Å². The van der Waals surface area contributed by atoms with Gasteiger partial charge in [-0.15, -0.1) is 0 Å².